The van der Waals surface area contributed by atoms with Gasteiger partial charge < -0.3 is 15.5 Å². The number of aromatic nitrogens is 1. The van der Waals surface area contributed by atoms with E-state index in [1.807, 2.05) is 10.3 Å². The zero-order valence-corrected chi connectivity index (χ0v) is 14.5. The van der Waals surface area contributed by atoms with Crippen LogP contribution in [0.25, 0.3) is 0 Å². The number of carbonyl (C=O) groups excluding carboxylic acids is 2. The van der Waals surface area contributed by atoms with Gasteiger partial charge in [0.2, 0.25) is 5.91 Å². The minimum Gasteiger partial charge on any atom is -0.339 e. The van der Waals surface area contributed by atoms with E-state index in [1.54, 1.807) is 11.3 Å². The van der Waals surface area contributed by atoms with Crippen molar-refractivity contribution in [3.8, 4) is 0 Å². The maximum Gasteiger partial charge on any atom is 0.315 e. The van der Waals surface area contributed by atoms with Gasteiger partial charge in [-0.3, -0.25) is 4.79 Å². The highest BCUT2D eigenvalue weighted by Gasteiger charge is 2.39. The SMILES string of the molecule is CC(C)c1csc(CNC(=O)NC[C@H]2CC(=O)N(C3CC3)C2)n1. The van der Waals surface area contributed by atoms with Crippen molar-refractivity contribution in [1.82, 2.24) is 20.5 Å². The molecule has 3 rings (SSSR count). The summed E-state index contributed by atoms with van der Waals surface area (Å²) in [5.74, 6) is 0.883. The van der Waals surface area contributed by atoms with Gasteiger partial charge in [-0.05, 0) is 18.8 Å². The number of rotatable bonds is 6. The minimum absolute atomic E-state index is 0.191. The average molecular weight is 336 g/mol. The van der Waals surface area contributed by atoms with Crippen LogP contribution in [0.1, 0.15) is 49.7 Å². The second-order valence-corrected chi connectivity index (χ2v) is 7.67. The molecule has 0 aromatic carbocycles. The standard InChI is InChI=1S/C16H24N4O2S/c1-10(2)13-9-23-14(19-13)7-18-16(22)17-6-11-5-15(21)20(8-11)12-3-4-12/h9-12H,3-8H2,1-2H3,(H2,17,18,22)/t11-/m1/s1. The molecule has 1 saturated carbocycles. The maximum absolute atomic E-state index is 11.9. The molecule has 3 amide bonds. The quantitative estimate of drug-likeness (QED) is 0.835. The first-order chi connectivity index (χ1) is 11.0. The summed E-state index contributed by atoms with van der Waals surface area (Å²) >= 11 is 1.57. The molecule has 0 spiro atoms. The van der Waals surface area contributed by atoms with Gasteiger partial charge in [-0.2, -0.15) is 0 Å². The van der Waals surface area contributed by atoms with Crippen LogP contribution >= 0.6 is 11.3 Å². The Hall–Kier alpha value is -1.63. The first kappa shape index (κ1) is 16.2. The zero-order valence-electron chi connectivity index (χ0n) is 13.7. The van der Waals surface area contributed by atoms with Gasteiger partial charge in [-0.15, -0.1) is 11.3 Å². The lowest BCUT2D eigenvalue weighted by Gasteiger charge is -2.15. The number of likely N-dealkylation sites (tertiary alicyclic amines) is 1. The first-order valence-electron chi connectivity index (χ1n) is 8.28. The molecular formula is C16H24N4O2S. The summed E-state index contributed by atoms with van der Waals surface area (Å²) in [6, 6.07) is 0.282. The Morgan fingerprint density at radius 2 is 2.22 bits per heavy atom. The Morgan fingerprint density at radius 3 is 2.87 bits per heavy atom. The number of amides is 3. The van der Waals surface area contributed by atoms with Crippen molar-refractivity contribution in [3.63, 3.8) is 0 Å². The number of carbonyl (C=O) groups is 2. The largest absolute Gasteiger partial charge is 0.339 e. The molecule has 1 atom stereocenters. The van der Waals surface area contributed by atoms with Crippen molar-refractivity contribution >= 4 is 23.3 Å². The number of hydrogen-bond donors (Lipinski definition) is 2. The summed E-state index contributed by atoms with van der Waals surface area (Å²) in [6.07, 6.45) is 2.83. The fraction of sp³-hybridized carbons (Fsp3) is 0.688. The van der Waals surface area contributed by atoms with Crippen LogP contribution in [0.3, 0.4) is 0 Å². The third-order valence-electron chi connectivity index (χ3n) is 4.34. The van der Waals surface area contributed by atoms with Crippen LogP contribution in [-0.4, -0.2) is 41.0 Å². The van der Waals surface area contributed by atoms with E-state index in [0.29, 0.717) is 31.5 Å². The van der Waals surface area contributed by atoms with E-state index in [-0.39, 0.29) is 17.9 Å². The van der Waals surface area contributed by atoms with E-state index >= 15 is 0 Å². The Kier molecular flexibility index (Phi) is 4.84. The molecule has 1 aliphatic carbocycles. The molecule has 2 aliphatic rings. The molecule has 1 saturated heterocycles. The lowest BCUT2D eigenvalue weighted by Crippen LogP contribution is -2.38. The van der Waals surface area contributed by atoms with Gasteiger partial charge in [0.05, 0.1) is 12.2 Å². The summed E-state index contributed by atoms with van der Waals surface area (Å²) in [4.78, 5) is 30.2. The van der Waals surface area contributed by atoms with E-state index in [2.05, 4.69) is 29.5 Å². The Labute approximate surface area is 140 Å². The van der Waals surface area contributed by atoms with Crippen LogP contribution in [0.15, 0.2) is 5.38 Å². The van der Waals surface area contributed by atoms with Gasteiger partial charge in [0, 0.05) is 36.9 Å². The van der Waals surface area contributed by atoms with Crippen molar-refractivity contribution < 1.29 is 9.59 Å². The molecule has 0 radical (unpaired) electrons. The molecule has 0 bridgehead atoms. The summed E-state index contributed by atoms with van der Waals surface area (Å²) in [5.41, 5.74) is 1.07. The van der Waals surface area contributed by atoms with Gasteiger partial charge in [-0.25, -0.2) is 9.78 Å². The third-order valence-corrected chi connectivity index (χ3v) is 5.21. The molecule has 2 fully saturated rings. The molecule has 7 heteroatoms. The number of urea groups is 1. The zero-order chi connectivity index (χ0) is 16.4. The van der Waals surface area contributed by atoms with Gasteiger partial charge >= 0.3 is 6.03 Å². The molecule has 0 unspecified atom stereocenters. The number of nitrogens with one attached hydrogen (secondary N) is 2. The van der Waals surface area contributed by atoms with Crippen LogP contribution in [0.4, 0.5) is 4.79 Å². The molecule has 1 aliphatic heterocycles. The lowest BCUT2D eigenvalue weighted by molar-refractivity contribution is -0.128. The molecular weight excluding hydrogens is 312 g/mol. The number of thiazole rings is 1. The molecule has 6 nitrogen and oxygen atoms in total. The van der Waals surface area contributed by atoms with E-state index in [9.17, 15) is 9.59 Å². The van der Waals surface area contributed by atoms with Gasteiger partial charge in [0.1, 0.15) is 5.01 Å². The van der Waals surface area contributed by atoms with E-state index in [1.165, 1.54) is 0 Å². The Morgan fingerprint density at radius 1 is 1.43 bits per heavy atom. The number of hydrogen-bond acceptors (Lipinski definition) is 4. The van der Waals surface area contributed by atoms with Gasteiger partial charge in [0.25, 0.3) is 0 Å². The van der Waals surface area contributed by atoms with Gasteiger partial charge in [0.15, 0.2) is 0 Å². The normalized spacial score (nSPS) is 21.1. The molecule has 2 heterocycles. The molecule has 2 N–H and O–H groups in total. The Balaban J connectivity index is 1.37. The monoisotopic (exact) mass is 336 g/mol. The van der Waals surface area contributed by atoms with Crippen molar-refractivity contribution in [3.05, 3.63) is 16.1 Å². The summed E-state index contributed by atoms with van der Waals surface area (Å²) in [5, 5.41) is 8.66. The summed E-state index contributed by atoms with van der Waals surface area (Å²) < 4.78 is 0. The fourth-order valence-electron chi connectivity index (χ4n) is 2.81. The smallest absolute Gasteiger partial charge is 0.315 e. The fourth-order valence-corrected chi connectivity index (χ4v) is 3.71. The second kappa shape index (κ2) is 6.86. The van der Waals surface area contributed by atoms with Crippen molar-refractivity contribution in [2.24, 2.45) is 5.92 Å². The predicted molar refractivity (Wildman–Crippen MR) is 89.3 cm³/mol. The van der Waals surface area contributed by atoms with Crippen LogP contribution < -0.4 is 10.6 Å². The van der Waals surface area contributed by atoms with Gasteiger partial charge in [-0.1, -0.05) is 13.8 Å². The Bertz CT molecular complexity index is 582. The number of nitrogens with zero attached hydrogens (tertiary/aromatic N) is 2. The molecule has 126 valence electrons. The van der Waals surface area contributed by atoms with E-state index < -0.39 is 0 Å². The topological polar surface area (TPSA) is 74.3 Å². The van der Waals surface area contributed by atoms with Crippen LogP contribution in [0.5, 0.6) is 0 Å². The van der Waals surface area contributed by atoms with Crippen molar-refractivity contribution in [2.75, 3.05) is 13.1 Å². The third kappa shape index (κ3) is 4.22. The highest BCUT2D eigenvalue weighted by atomic mass is 32.1. The molecule has 1 aromatic rings. The highest BCUT2D eigenvalue weighted by Crippen LogP contribution is 2.32. The molecule has 1 aromatic heterocycles. The van der Waals surface area contributed by atoms with Crippen molar-refractivity contribution in [1.29, 1.82) is 0 Å². The van der Waals surface area contributed by atoms with Crippen LogP contribution in [-0.2, 0) is 11.3 Å². The van der Waals surface area contributed by atoms with E-state index in [0.717, 1.165) is 30.1 Å². The van der Waals surface area contributed by atoms with Crippen LogP contribution in [0.2, 0.25) is 0 Å². The first-order valence-corrected chi connectivity index (χ1v) is 9.16. The molecule has 23 heavy (non-hydrogen) atoms. The van der Waals surface area contributed by atoms with E-state index in [4.69, 9.17) is 0 Å². The van der Waals surface area contributed by atoms with Crippen LogP contribution in [0, 0.1) is 5.92 Å². The second-order valence-electron chi connectivity index (χ2n) is 6.73. The maximum atomic E-state index is 11.9. The average Bonchev–Trinajstić information content (AvgIpc) is 3.11. The van der Waals surface area contributed by atoms with Crippen molar-refractivity contribution in [2.45, 2.75) is 51.6 Å². The highest BCUT2D eigenvalue weighted by molar-refractivity contribution is 7.09. The minimum atomic E-state index is -0.191. The predicted octanol–water partition coefficient (Wildman–Crippen LogP) is 2.08. The summed E-state index contributed by atoms with van der Waals surface area (Å²) in [6.45, 7) is 5.99. The lowest BCUT2D eigenvalue weighted by atomic mass is 10.1. The summed E-state index contributed by atoms with van der Waals surface area (Å²) in [7, 11) is 0.